The van der Waals surface area contributed by atoms with Gasteiger partial charge in [0, 0.05) is 21.8 Å². The SMILES string of the molecule is COc1ccc(C(C)Nc2ccc(C)c(Br)c2)c(F)c1. The van der Waals surface area contributed by atoms with Crippen LogP contribution in [-0.2, 0) is 0 Å². The van der Waals surface area contributed by atoms with Gasteiger partial charge >= 0.3 is 0 Å². The number of benzene rings is 2. The molecule has 2 nitrogen and oxygen atoms in total. The lowest BCUT2D eigenvalue weighted by molar-refractivity contribution is 0.410. The molecule has 1 atom stereocenters. The minimum absolute atomic E-state index is 0.129. The molecule has 0 spiro atoms. The summed E-state index contributed by atoms with van der Waals surface area (Å²) in [4.78, 5) is 0. The molecule has 0 heterocycles. The van der Waals surface area contributed by atoms with Gasteiger partial charge in [-0.3, -0.25) is 0 Å². The second kappa shape index (κ2) is 6.27. The van der Waals surface area contributed by atoms with Gasteiger partial charge in [-0.15, -0.1) is 0 Å². The Kier molecular flexibility index (Phi) is 4.65. The number of ether oxygens (including phenoxy) is 1. The Morgan fingerprint density at radius 2 is 1.95 bits per heavy atom. The maximum Gasteiger partial charge on any atom is 0.132 e. The van der Waals surface area contributed by atoms with Gasteiger partial charge in [-0.05, 0) is 37.6 Å². The minimum Gasteiger partial charge on any atom is -0.497 e. The summed E-state index contributed by atoms with van der Waals surface area (Å²) in [7, 11) is 1.53. The quantitative estimate of drug-likeness (QED) is 0.840. The normalized spacial score (nSPS) is 12.1. The Morgan fingerprint density at radius 1 is 1.20 bits per heavy atom. The van der Waals surface area contributed by atoms with E-state index in [9.17, 15) is 4.39 Å². The summed E-state index contributed by atoms with van der Waals surface area (Å²) >= 11 is 3.49. The molecule has 0 amide bonds. The zero-order chi connectivity index (χ0) is 14.7. The molecule has 0 aliphatic heterocycles. The monoisotopic (exact) mass is 337 g/mol. The fraction of sp³-hybridized carbons (Fsp3) is 0.250. The highest BCUT2D eigenvalue weighted by Crippen LogP contribution is 2.27. The first-order valence-electron chi connectivity index (χ1n) is 6.37. The van der Waals surface area contributed by atoms with E-state index in [0.717, 1.165) is 10.2 Å². The van der Waals surface area contributed by atoms with Crippen LogP contribution in [0.4, 0.5) is 10.1 Å². The van der Waals surface area contributed by atoms with Crippen LogP contribution in [-0.4, -0.2) is 7.11 Å². The Labute approximate surface area is 127 Å². The summed E-state index contributed by atoms with van der Waals surface area (Å²) < 4.78 is 20.0. The summed E-state index contributed by atoms with van der Waals surface area (Å²) in [6, 6.07) is 10.8. The lowest BCUT2D eigenvalue weighted by Gasteiger charge is -2.17. The van der Waals surface area contributed by atoms with Crippen molar-refractivity contribution in [1.29, 1.82) is 0 Å². The van der Waals surface area contributed by atoms with E-state index >= 15 is 0 Å². The van der Waals surface area contributed by atoms with Crippen LogP contribution >= 0.6 is 15.9 Å². The third kappa shape index (κ3) is 3.31. The van der Waals surface area contributed by atoms with Crippen molar-refractivity contribution in [2.75, 3.05) is 12.4 Å². The first-order chi connectivity index (χ1) is 9.51. The summed E-state index contributed by atoms with van der Waals surface area (Å²) in [6.07, 6.45) is 0. The van der Waals surface area contributed by atoms with Crippen LogP contribution in [0.3, 0.4) is 0 Å². The highest BCUT2D eigenvalue weighted by Gasteiger charge is 2.12. The molecule has 0 aliphatic rings. The lowest BCUT2D eigenvalue weighted by atomic mass is 10.1. The van der Waals surface area contributed by atoms with Crippen molar-refractivity contribution in [3.63, 3.8) is 0 Å². The van der Waals surface area contributed by atoms with E-state index in [1.807, 2.05) is 32.0 Å². The van der Waals surface area contributed by atoms with Gasteiger partial charge in [0.1, 0.15) is 11.6 Å². The van der Waals surface area contributed by atoms with Crippen LogP contribution in [0, 0.1) is 12.7 Å². The Hall–Kier alpha value is -1.55. The summed E-state index contributed by atoms with van der Waals surface area (Å²) in [5.41, 5.74) is 2.73. The van der Waals surface area contributed by atoms with Gasteiger partial charge < -0.3 is 10.1 Å². The fourth-order valence-electron chi connectivity index (χ4n) is 2.00. The van der Waals surface area contributed by atoms with Crippen LogP contribution in [0.5, 0.6) is 5.75 Å². The van der Waals surface area contributed by atoms with Crippen LogP contribution in [0.1, 0.15) is 24.1 Å². The predicted octanol–water partition coefficient (Wildman–Crippen LogP) is 5.08. The average molecular weight is 338 g/mol. The largest absolute Gasteiger partial charge is 0.497 e. The van der Waals surface area contributed by atoms with E-state index in [1.54, 1.807) is 12.1 Å². The number of aryl methyl sites for hydroxylation is 1. The maximum atomic E-state index is 14.0. The van der Waals surface area contributed by atoms with Crippen molar-refractivity contribution in [3.8, 4) is 5.75 Å². The minimum atomic E-state index is -0.268. The fourth-order valence-corrected chi connectivity index (χ4v) is 2.38. The Bertz CT molecular complexity index is 615. The molecule has 20 heavy (non-hydrogen) atoms. The molecule has 106 valence electrons. The van der Waals surface area contributed by atoms with Gasteiger partial charge in [0.05, 0.1) is 13.2 Å². The average Bonchev–Trinajstić information content (AvgIpc) is 2.42. The van der Waals surface area contributed by atoms with Gasteiger partial charge in [0.2, 0.25) is 0 Å². The number of anilines is 1. The molecule has 2 aromatic rings. The molecule has 1 N–H and O–H groups in total. The molecular weight excluding hydrogens is 321 g/mol. The zero-order valence-electron chi connectivity index (χ0n) is 11.7. The highest BCUT2D eigenvalue weighted by molar-refractivity contribution is 9.10. The number of methoxy groups -OCH3 is 1. The predicted molar refractivity (Wildman–Crippen MR) is 83.9 cm³/mol. The molecular formula is C16H17BrFNO. The first-order valence-corrected chi connectivity index (χ1v) is 7.16. The van der Waals surface area contributed by atoms with Crippen molar-refractivity contribution in [2.24, 2.45) is 0 Å². The molecule has 2 rings (SSSR count). The van der Waals surface area contributed by atoms with Crippen molar-refractivity contribution in [2.45, 2.75) is 19.9 Å². The molecule has 0 saturated carbocycles. The molecule has 1 unspecified atom stereocenters. The molecule has 0 radical (unpaired) electrons. The first kappa shape index (κ1) is 14.9. The smallest absolute Gasteiger partial charge is 0.132 e. The van der Waals surface area contributed by atoms with Crippen molar-refractivity contribution in [1.82, 2.24) is 0 Å². The van der Waals surface area contributed by atoms with Gasteiger partial charge in [-0.1, -0.05) is 28.1 Å². The van der Waals surface area contributed by atoms with Crippen molar-refractivity contribution >= 4 is 21.6 Å². The van der Waals surface area contributed by atoms with Gasteiger partial charge in [0.15, 0.2) is 0 Å². The van der Waals surface area contributed by atoms with E-state index in [0.29, 0.717) is 11.3 Å². The lowest BCUT2D eigenvalue weighted by Crippen LogP contribution is -2.08. The topological polar surface area (TPSA) is 21.3 Å². The molecule has 2 aromatic carbocycles. The third-order valence-corrected chi connectivity index (χ3v) is 4.08. The second-order valence-corrected chi connectivity index (χ2v) is 5.57. The second-order valence-electron chi connectivity index (χ2n) is 4.72. The molecule has 0 saturated heterocycles. The number of nitrogens with one attached hydrogen (secondary N) is 1. The Balaban J connectivity index is 2.19. The van der Waals surface area contributed by atoms with Gasteiger partial charge in [-0.25, -0.2) is 4.39 Å². The summed E-state index contributed by atoms with van der Waals surface area (Å²) in [6.45, 7) is 3.96. The van der Waals surface area contributed by atoms with E-state index < -0.39 is 0 Å². The van der Waals surface area contributed by atoms with E-state index in [1.165, 1.54) is 18.7 Å². The number of hydrogen-bond donors (Lipinski definition) is 1. The van der Waals surface area contributed by atoms with Crippen LogP contribution < -0.4 is 10.1 Å². The molecule has 0 fully saturated rings. The van der Waals surface area contributed by atoms with Gasteiger partial charge in [0.25, 0.3) is 0 Å². The molecule has 0 aromatic heterocycles. The van der Waals surface area contributed by atoms with E-state index in [4.69, 9.17) is 4.74 Å². The van der Waals surface area contributed by atoms with E-state index in [-0.39, 0.29) is 11.9 Å². The summed E-state index contributed by atoms with van der Waals surface area (Å²) in [5, 5.41) is 3.29. The maximum absolute atomic E-state index is 14.0. The number of halogens is 2. The Morgan fingerprint density at radius 3 is 2.55 bits per heavy atom. The van der Waals surface area contributed by atoms with Crippen LogP contribution in [0.2, 0.25) is 0 Å². The van der Waals surface area contributed by atoms with Crippen molar-refractivity contribution < 1.29 is 9.13 Å². The molecule has 0 bridgehead atoms. The van der Waals surface area contributed by atoms with E-state index in [2.05, 4.69) is 21.2 Å². The number of rotatable bonds is 4. The summed E-state index contributed by atoms with van der Waals surface area (Å²) in [5.74, 6) is 0.257. The third-order valence-electron chi connectivity index (χ3n) is 3.23. The van der Waals surface area contributed by atoms with Gasteiger partial charge in [-0.2, -0.15) is 0 Å². The molecule has 4 heteroatoms. The highest BCUT2D eigenvalue weighted by atomic mass is 79.9. The number of hydrogen-bond acceptors (Lipinski definition) is 2. The zero-order valence-corrected chi connectivity index (χ0v) is 13.3. The van der Waals surface area contributed by atoms with Crippen LogP contribution in [0.25, 0.3) is 0 Å². The van der Waals surface area contributed by atoms with Crippen molar-refractivity contribution in [3.05, 3.63) is 57.8 Å². The standard InChI is InChI=1S/C16H17BrFNO/c1-10-4-5-12(8-15(10)17)19-11(2)14-7-6-13(20-3)9-16(14)18/h4-9,11,19H,1-3H3. The molecule has 0 aliphatic carbocycles. The van der Waals surface area contributed by atoms with Crippen LogP contribution in [0.15, 0.2) is 40.9 Å².